The first-order chi connectivity index (χ1) is 9.88. The Balaban J connectivity index is 2.63. The maximum absolute atomic E-state index is 12.3. The van der Waals surface area contributed by atoms with Gasteiger partial charge < -0.3 is 9.84 Å². The fraction of sp³-hybridized carbons (Fsp3) is 0.923. The van der Waals surface area contributed by atoms with E-state index in [4.69, 9.17) is 9.84 Å². The molecule has 1 aliphatic carbocycles. The Bertz CT molecular complexity index is 420. The third-order valence-electron chi connectivity index (χ3n) is 3.90. The molecule has 1 saturated carbocycles. The van der Waals surface area contributed by atoms with Gasteiger partial charge in [-0.15, -0.1) is 0 Å². The fourth-order valence-corrected chi connectivity index (χ4v) is 3.92. The van der Waals surface area contributed by atoms with Crippen LogP contribution in [0.3, 0.4) is 0 Å². The number of nitrogens with zero attached hydrogens (tertiary/aromatic N) is 1. The molecule has 0 aliphatic heterocycles. The minimum atomic E-state index is -3.78. The molecule has 1 fully saturated rings. The summed E-state index contributed by atoms with van der Waals surface area (Å²) in [4.78, 5) is 11.2. The Kier molecular flexibility index (Phi) is 7.58. The minimum Gasteiger partial charge on any atom is -0.480 e. The van der Waals surface area contributed by atoms with E-state index in [1.165, 1.54) is 18.5 Å². The highest BCUT2D eigenvalue weighted by Crippen LogP contribution is 2.23. The van der Waals surface area contributed by atoms with Crippen LogP contribution in [0.1, 0.15) is 44.9 Å². The van der Waals surface area contributed by atoms with Gasteiger partial charge in [0.25, 0.3) is 10.2 Å². The molecular weight excluding hydrogens is 296 g/mol. The highest BCUT2D eigenvalue weighted by Gasteiger charge is 2.31. The maximum Gasteiger partial charge on any atom is 0.321 e. The van der Waals surface area contributed by atoms with E-state index in [9.17, 15) is 13.2 Å². The highest BCUT2D eigenvalue weighted by molar-refractivity contribution is 7.87. The Morgan fingerprint density at radius 2 is 2.00 bits per heavy atom. The molecule has 0 aromatic rings. The second-order valence-corrected chi connectivity index (χ2v) is 7.22. The van der Waals surface area contributed by atoms with Crippen molar-refractivity contribution in [2.24, 2.45) is 0 Å². The molecular formula is C13H26N2O5S. The van der Waals surface area contributed by atoms with Crippen LogP contribution in [0.15, 0.2) is 0 Å². The third-order valence-corrected chi connectivity index (χ3v) is 5.54. The third kappa shape index (κ3) is 5.90. The SMILES string of the molecule is COCCCC(NS(=O)(=O)N(C)C1CCCCC1)C(=O)O. The first kappa shape index (κ1) is 18.3. The zero-order chi connectivity index (χ0) is 15.9. The lowest BCUT2D eigenvalue weighted by atomic mass is 9.96. The van der Waals surface area contributed by atoms with Gasteiger partial charge in [0.2, 0.25) is 0 Å². The van der Waals surface area contributed by atoms with Crippen molar-refractivity contribution in [2.45, 2.75) is 57.0 Å². The number of hydrogen-bond donors (Lipinski definition) is 2. The Morgan fingerprint density at radius 1 is 1.38 bits per heavy atom. The number of carboxylic acids is 1. The van der Waals surface area contributed by atoms with Crippen molar-refractivity contribution >= 4 is 16.2 Å². The molecule has 7 nitrogen and oxygen atoms in total. The summed E-state index contributed by atoms with van der Waals surface area (Å²) in [5.74, 6) is -1.16. The average Bonchev–Trinajstić information content (AvgIpc) is 2.46. The molecule has 1 atom stereocenters. The topological polar surface area (TPSA) is 95.9 Å². The zero-order valence-electron chi connectivity index (χ0n) is 12.7. The Morgan fingerprint density at radius 3 is 2.52 bits per heavy atom. The van der Waals surface area contributed by atoms with Crippen molar-refractivity contribution in [2.75, 3.05) is 20.8 Å². The van der Waals surface area contributed by atoms with Crippen molar-refractivity contribution in [3.8, 4) is 0 Å². The molecule has 0 saturated heterocycles. The van der Waals surface area contributed by atoms with Gasteiger partial charge in [0.05, 0.1) is 0 Å². The lowest BCUT2D eigenvalue weighted by molar-refractivity contribution is -0.139. The summed E-state index contributed by atoms with van der Waals surface area (Å²) in [6.45, 7) is 0.407. The van der Waals surface area contributed by atoms with Gasteiger partial charge in [-0.05, 0) is 25.7 Å². The van der Waals surface area contributed by atoms with E-state index in [0.29, 0.717) is 13.0 Å². The van der Waals surface area contributed by atoms with Crippen LogP contribution in [-0.4, -0.2) is 56.6 Å². The summed E-state index contributed by atoms with van der Waals surface area (Å²) in [6.07, 6.45) is 5.52. The van der Waals surface area contributed by atoms with Gasteiger partial charge in [0.1, 0.15) is 6.04 Å². The summed E-state index contributed by atoms with van der Waals surface area (Å²) in [5, 5.41) is 9.14. The number of methoxy groups -OCH3 is 1. The van der Waals surface area contributed by atoms with Gasteiger partial charge in [-0.3, -0.25) is 4.79 Å². The van der Waals surface area contributed by atoms with Crippen molar-refractivity contribution < 1.29 is 23.1 Å². The lowest BCUT2D eigenvalue weighted by Crippen LogP contribution is -2.50. The number of ether oxygens (including phenoxy) is 1. The molecule has 21 heavy (non-hydrogen) atoms. The van der Waals surface area contributed by atoms with E-state index in [1.54, 1.807) is 0 Å². The van der Waals surface area contributed by atoms with Crippen LogP contribution in [0.25, 0.3) is 0 Å². The molecule has 0 heterocycles. The molecule has 124 valence electrons. The van der Waals surface area contributed by atoms with Crippen LogP contribution in [-0.2, 0) is 19.7 Å². The molecule has 8 heteroatoms. The number of aliphatic carboxylic acids is 1. The van der Waals surface area contributed by atoms with E-state index < -0.39 is 22.2 Å². The number of carboxylic acid groups (broad SMARTS) is 1. The fourth-order valence-electron chi connectivity index (χ4n) is 2.57. The second-order valence-electron chi connectivity index (χ2n) is 5.46. The van der Waals surface area contributed by atoms with Crippen molar-refractivity contribution in [3.63, 3.8) is 0 Å². The van der Waals surface area contributed by atoms with Crippen molar-refractivity contribution in [1.82, 2.24) is 9.03 Å². The molecule has 0 amide bonds. The van der Waals surface area contributed by atoms with E-state index >= 15 is 0 Å². The van der Waals surface area contributed by atoms with Gasteiger partial charge in [-0.25, -0.2) is 0 Å². The number of carbonyl (C=O) groups is 1. The first-order valence-corrected chi connectivity index (χ1v) is 8.79. The molecule has 1 aliphatic rings. The normalized spacial score (nSPS) is 18.8. The maximum atomic E-state index is 12.3. The largest absolute Gasteiger partial charge is 0.480 e. The van der Waals surface area contributed by atoms with Crippen LogP contribution in [0.5, 0.6) is 0 Å². The van der Waals surface area contributed by atoms with E-state index in [2.05, 4.69) is 4.72 Å². The molecule has 1 rings (SSSR count). The van der Waals surface area contributed by atoms with Crippen LogP contribution < -0.4 is 4.72 Å². The first-order valence-electron chi connectivity index (χ1n) is 7.35. The van der Waals surface area contributed by atoms with Gasteiger partial charge >= 0.3 is 5.97 Å². The monoisotopic (exact) mass is 322 g/mol. The summed E-state index contributed by atoms with van der Waals surface area (Å²) in [7, 11) is -0.735. The summed E-state index contributed by atoms with van der Waals surface area (Å²) in [5.41, 5.74) is 0. The highest BCUT2D eigenvalue weighted by atomic mass is 32.2. The van der Waals surface area contributed by atoms with Gasteiger partial charge in [-0.2, -0.15) is 17.4 Å². The molecule has 0 aromatic heterocycles. The average molecular weight is 322 g/mol. The predicted octanol–water partition coefficient (Wildman–Crippen LogP) is 0.965. The van der Waals surface area contributed by atoms with Crippen LogP contribution in [0, 0.1) is 0 Å². The van der Waals surface area contributed by atoms with E-state index in [1.807, 2.05) is 0 Å². The predicted molar refractivity (Wildman–Crippen MR) is 79.2 cm³/mol. The summed E-state index contributed by atoms with van der Waals surface area (Å²) < 4.78 is 33.0. The molecule has 0 spiro atoms. The number of rotatable bonds is 9. The molecule has 0 bridgehead atoms. The number of hydrogen-bond acceptors (Lipinski definition) is 4. The number of nitrogens with one attached hydrogen (secondary N) is 1. The smallest absolute Gasteiger partial charge is 0.321 e. The summed E-state index contributed by atoms with van der Waals surface area (Å²) in [6, 6.07) is -1.15. The molecule has 0 radical (unpaired) electrons. The standard InChI is InChI=1S/C13H26N2O5S/c1-15(11-7-4-3-5-8-11)21(18,19)14-12(13(16)17)9-6-10-20-2/h11-12,14H,3-10H2,1-2H3,(H,16,17). The van der Waals surface area contributed by atoms with E-state index in [0.717, 1.165) is 32.1 Å². The van der Waals surface area contributed by atoms with Crippen LogP contribution >= 0.6 is 0 Å². The zero-order valence-corrected chi connectivity index (χ0v) is 13.6. The Labute approximate surface area is 126 Å². The van der Waals surface area contributed by atoms with Crippen LogP contribution in [0.4, 0.5) is 0 Å². The van der Waals surface area contributed by atoms with Gasteiger partial charge in [-0.1, -0.05) is 19.3 Å². The lowest BCUT2D eigenvalue weighted by Gasteiger charge is -2.31. The molecule has 0 aromatic carbocycles. The minimum absolute atomic E-state index is 0.0373. The van der Waals surface area contributed by atoms with Crippen molar-refractivity contribution in [3.05, 3.63) is 0 Å². The van der Waals surface area contributed by atoms with E-state index in [-0.39, 0.29) is 12.5 Å². The second kappa shape index (κ2) is 8.67. The van der Waals surface area contributed by atoms with Gasteiger partial charge in [0.15, 0.2) is 0 Å². The Hall–Kier alpha value is -0.700. The van der Waals surface area contributed by atoms with Gasteiger partial charge in [0, 0.05) is 26.8 Å². The van der Waals surface area contributed by atoms with Crippen molar-refractivity contribution in [1.29, 1.82) is 0 Å². The quantitative estimate of drug-likeness (QED) is 0.617. The summed E-state index contributed by atoms with van der Waals surface area (Å²) >= 11 is 0. The molecule has 1 unspecified atom stereocenters. The van der Waals surface area contributed by atoms with Crippen LogP contribution in [0.2, 0.25) is 0 Å². The molecule has 2 N–H and O–H groups in total.